The summed E-state index contributed by atoms with van der Waals surface area (Å²) in [7, 11) is -4.92. The predicted octanol–water partition coefficient (Wildman–Crippen LogP) is 0.135. The van der Waals surface area contributed by atoms with Gasteiger partial charge in [0.1, 0.15) is 18.1 Å². The molecule has 1 saturated heterocycles. The fraction of sp³-hybridized carbons (Fsp3) is 0.368. The zero-order chi connectivity index (χ0) is 26.7. The Morgan fingerprint density at radius 2 is 2.11 bits per heavy atom. The summed E-state index contributed by atoms with van der Waals surface area (Å²) in [6.07, 6.45) is 1.06. The zero-order valence-corrected chi connectivity index (χ0v) is 20.7. The van der Waals surface area contributed by atoms with Crippen LogP contribution in [0.4, 0.5) is 5.13 Å². The minimum atomic E-state index is -4.92. The molecule has 15 nitrogen and oxygen atoms in total. The number of aromatic nitrogens is 2. The maximum atomic E-state index is 13.0. The summed E-state index contributed by atoms with van der Waals surface area (Å²) in [5, 5.41) is 13.4. The van der Waals surface area contributed by atoms with Gasteiger partial charge in [-0.15, -0.1) is 15.6 Å². The number of ether oxygens (including phenoxy) is 1. The highest BCUT2D eigenvalue weighted by Gasteiger charge is 2.57. The van der Waals surface area contributed by atoms with Gasteiger partial charge in [-0.05, 0) is 19.9 Å². The van der Waals surface area contributed by atoms with E-state index in [4.69, 9.17) is 31.0 Å². The Morgan fingerprint density at radius 3 is 2.69 bits per heavy atom. The van der Waals surface area contributed by atoms with E-state index in [1.165, 1.54) is 31.5 Å². The standard InChI is InChI=1S/C19H23N7O8S2/c1-19(2)11(17(28)26(19)34-36(29,30)31)8-13(27)15(12-9-35-18(22)24-12)25-33-6-5-32-14-7-10(16(20)21)3-4-23-14/h3-4,7,9,11H,5-6,8H2,1-2H3,(H3,20,21)(H2,22,24)(H,29,30,31)/b25-15-. The molecule has 0 spiro atoms. The van der Waals surface area contributed by atoms with Crippen LogP contribution in [0.5, 0.6) is 5.88 Å². The maximum Gasteiger partial charge on any atom is 0.418 e. The Balaban J connectivity index is 1.65. The average Bonchev–Trinajstić information content (AvgIpc) is 3.23. The molecule has 3 rings (SSSR count). The van der Waals surface area contributed by atoms with Crippen LogP contribution in [0, 0.1) is 11.3 Å². The van der Waals surface area contributed by atoms with E-state index in [1.54, 1.807) is 6.07 Å². The molecule has 1 aliphatic heterocycles. The number of carbonyl (C=O) groups excluding carboxylic acids is 2. The van der Waals surface area contributed by atoms with Crippen molar-refractivity contribution in [2.24, 2.45) is 16.8 Å². The number of nitrogen functional groups attached to an aromatic ring is 2. The van der Waals surface area contributed by atoms with E-state index in [-0.39, 0.29) is 47.9 Å². The molecule has 0 aromatic carbocycles. The molecular weight excluding hydrogens is 518 g/mol. The monoisotopic (exact) mass is 541 g/mol. The molecule has 1 unspecified atom stereocenters. The number of Topliss-reactive ketones (excluding diaryl/α,β-unsaturated/α-hetero) is 1. The number of anilines is 1. The molecule has 6 N–H and O–H groups in total. The van der Waals surface area contributed by atoms with Gasteiger partial charge >= 0.3 is 10.4 Å². The van der Waals surface area contributed by atoms with Crippen molar-refractivity contribution in [2.45, 2.75) is 25.8 Å². The largest absolute Gasteiger partial charge is 0.474 e. The summed E-state index contributed by atoms with van der Waals surface area (Å²) >= 11 is 1.07. The van der Waals surface area contributed by atoms with Gasteiger partial charge in [-0.25, -0.2) is 9.97 Å². The number of thiazole rings is 1. The lowest BCUT2D eigenvalue weighted by molar-refractivity contribution is -0.228. The Bertz CT molecular complexity index is 1310. The van der Waals surface area contributed by atoms with Crippen LogP contribution >= 0.6 is 11.3 Å². The molecule has 1 amide bonds. The number of hydrogen-bond donors (Lipinski definition) is 4. The van der Waals surface area contributed by atoms with Gasteiger partial charge in [0.2, 0.25) is 5.88 Å². The lowest BCUT2D eigenvalue weighted by Gasteiger charge is -2.50. The summed E-state index contributed by atoms with van der Waals surface area (Å²) in [6.45, 7) is 2.84. The number of amidine groups is 1. The number of oxime groups is 1. The minimum absolute atomic E-state index is 0.00535. The lowest BCUT2D eigenvalue weighted by Crippen LogP contribution is -2.68. The second-order valence-corrected chi connectivity index (χ2v) is 9.85. The molecule has 2 aromatic rings. The van der Waals surface area contributed by atoms with Gasteiger partial charge < -0.3 is 21.0 Å². The van der Waals surface area contributed by atoms with E-state index in [9.17, 15) is 18.0 Å². The third kappa shape index (κ3) is 6.30. The van der Waals surface area contributed by atoms with Gasteiger partial charge in [0.15, 0.2) is 23.2 Å². The fourth-order valence-corrected chi connectivity index (χ4v) is 4.24. The number of ketones is 1. The van der Waals surface area contributed by atoms with Crippen molar-refractivity contribution < 1.29 is 36.4 Å². The molecule has 194 valence electrons. The van der Waals surface area contributed by atoms with Crippen molar-refractivity contribution in [1.29, 1.82) is 5.41 Å². The van der Waals surface area contributed by atoms with Gasteiger partial charge in [-0.1, -0.05) is 5.16 Å². The number of hydrogen-bond acceptors (Lipinski definition) is 13. The lowest BCUT2D eigenvalue weighted by atomic mass is 9.74. The first-order valence-electron chi connectivity index (χ1n) is 10.2. The number of nitrogens with zero attached hydrogens (tertiary/aromatic N) is 4. The molecule has 0 saturated carbocycles. The summed E-state index contributed by atoms with van der Waals surface area (Å²) < 4.78 is 40.6. The van der Waals surface area contributed by atoms with Crippen molar-refractivity contribution in [3.8, 4) is 5.88 Å². The molecule has 1 aliphatic rings. The van der Waals surface area contributed by atoms with Crippen LogP contribution in [-0.2, 0) is 29.1 Å². The highest BCUT2D eigenvalue weighted by atomic mass is 32.3. The first-order chi connectivity index (χ1) is 16.8. The first-order valence-corrected chi connectivity index (χ1v) is 12.4. The van der Waals surface area contributed by atoms with Crippen molar-refractivity contribution in [1.82, 2.24) is 15.0 Å². The van der Waals surface area contributed by atoms with Gasteiger partial charge in [0, 0.05) is 29.6 Å². The number of carbonyl (C=O) groups is 2. The third-order valence-electron chi connectivity index (χ3n) is 5.09. The van der Waals surface area contributed by atoms with Crippen LogP contribution in [-0.4, -0.2) is 70.0 Å². The molecule has 1 atom stereocenters. The highest BCUT2D eigenvalue weighted by Crippen LogP contribution is 2.40. The van der Waals surface area contributed by atoms with Crippen LogP contribution in [0.2, 0.25) is 0 Å². The maximum absolute atomic E-state index is 13.0. The highest BCUT2D eigenvalue weighted by molar-refractivity contribution is 7.80. The van der Waals surface area contributed by atoms with Gasteiger partial charge in [0.25, 0.3) is 5.91 Å². The van der Waals surface area contributed by atoms with E-state index in [1.807, 2.05) is 0 Å². The third-order valence-corrected chi connectivity index (χ3v) is 6.10. The molecular formula is C19H23N7O8S2. The topological polar surface area (TPSA) is 233 Å². The number of hydroxylamine groups is 2. The normalized spacial score (nSPS) is 17.4. The molecule has 17 heteroatoms. The van der Waals surface area contributed by atoms with Gasteiger partial charge in [0.05, 0.1) is 11.5 Å². The summed E-state index contributed by atoms with van der Waals surface area (Å²) in [5.41, 5.74) is 10.2. The van der Waals surface area contributed by atoms with E-state index in [2.05, 4.69) is 19.4 Å². The molecule has 0 radical (unpaired) electrons. The SMILES string of the molecule is CC1(C)C(CC(=O)/C(=N\OCCOc2cc(C(=N)N)ccn2)c2csc(N)n2)C(=O)N1OS(=O)(=O)O. The Hall–Kier alpha value is -3.67. The minimum Gasteiger partial charge on any atom is -0.474 e. The number of pyridine rings is 1. The number of β-lactam (4-membered cyclic amide) rings is 1. The Labute approximate surface area is 209 Å². The van der Waals surface area contributed by atoms with Crippen LogP contribution < -0.4 is 16.2 Å². The second-order valence-electron chi connectivity index (χ2n) is 7.96. The molecule has 0 bridgehead atoms. The first kappa shape index (κ1) is 26.9. The van der Waals surface area contributed by atoms with Crippen molar-refractivity contribution in [2.75, 3.05) is 18.9 Å². The van der Waals surface area contributed by atoms with Crippen LogP contribution in [0.15, 0.2) is 28.9 Å². The van der Waals surface area contributed by atoms with E-state index in [0.717, 1.165) is 11.3 Å². The van der Waals surface area contributed by atoms with Crippen LogP contribution in [0.25, 0.3) is 0 Å². The van der Waals surface area contributed by atoms with E-state index >= 15 is 0 Å². The zero-order valence-electron chi connectivity index (χ0n) is 19.1. The van der Waals surface area contributed by atoms with Crippen molar-refractivity contribution in [3.63, 3.8) is 0 Å². The molecule has 0 aliphatic carbocycles. The van der Waals surface area contributed by atoms with Gasteiger partial charge in [-0.2, -0.15) is 13.5 Å². The van der Waals surface area contributed by atoms with Crippen molar-refractivity contribution in [3.05, 3.63) is 35.0 Å². The Morgan fingerprint density at radius 1 is 1.39 bits per heavy atom. The van der Waals surface area contributed by atoms with E-state index < -0.39 is 33.5 Å². The predicted molar refractivity (Wildman–Crippen MR) is 126 cm³/mol. The quantitative estimate of drug-likeness (QED) is 0.0701. The Kier molecular flexibility index (Phi) is 7.87. The number of rotatable bonds is 12. The molecule has 1 fully saturated rings. The summed E-state index contributed by atoms with van der Waals surface area (Å²) in [5.74, 6) is -2.32. The fourth-order valence-electron chi connectivity index (χ4n) is 3.24. The molecule has 3 heterocycles. The molecule has 36 heavy (non-hydrogen) atoms. The van der Waals surface area contributed by atoms with E-state index in [0.29, 0.717) is 10.6 Å². The number of nitrogens with two attached hydrogens (primary N) is 2. The van der Waals surface area contributed by atoms with Gasteiger partial charge in [-0.3, -0.25) is 19.6 Å². The summed E-state index contributed by atoms with van der Waals surface area (Å²) in [6, 6.07) is 3.03. The van der Waals surface area contributed by atoms with Crippen LogP contribution in [0.1, 0.15) is 31.5 Å². The average molecular weight is 542 g/mol. The van der Waals surface area contributed by atoms with Crippen molar-refractivity contribution >= 4 is 50.1 Å². The smallest absolute Gasteiger partial charge is 0.418 e. The molecule has 2 aromatic heterocycles. The number of nitrogens with one attached hydrogen (secondary N) is 1. The van der Waals surface area contributed by atoms with Crippen LogP contribution in [0.3, 0.4) is 0 Å². The number of amides is 1. The summed E-state index contributed by atoms with van der Waals surface area (Å²) in [4.78, 5) is 38.6. The second kappa shape index (κ2) is 10.5.